The van der Waals surface area contributed by atoms with Crippen LogP contribution >= 0.6 is 0 Å². The van der Waals surface area contributed by atoms with Crippen molar-refractivity contribution in [2.75, 3.05) is 0 Å². The van der Waals surface area contributed by atoms with Gasteiger partial charge in [-0.3, -0.25) is 19.8 Å². The van der Waals surface area contributed by atoms with Gasteiger partial charge < -0.3 is 0 Å². The zero-order valence-electron chi connectivity index (χ0n) is 24.7. The van der Waals surface area contributed by atoms with Gasteiger partial charge in [0.05, 0.1) is 5.57 Å². The summed E-state index contributed by atoms with van der Waals surface area (Å²) in [7, 11) is 0. The molecule has 5 atom stereocenters. The number of Topliss-reactive ketones (excluding diaryl/α,β-unsaturated/α-hetero) is 1. The van der Waals surface area contributed by atoms with Crippen LogP contribution in [-0.2, 0) is 14.4 Å². The van der Waals surface area contributed by atoms with Crippen molar-refractivity contribution in [3.63, 3.8) is 0 Å². The molecule has 0 radical (unpaired) electrons. The standard InChI is InChI=1S/C32H47N3O3/c1-20-22(36)17-24-30(6)18-21(19-33)25(37)27(2,3)23(30)9-10-32(24,8)31(20,7)16-13-28(4)11-14-29(5,15-12-28)26(38)35-34/h17-18,20,23H,9-16,34H2,1-8H3,(H,35,38)/t20-,23-,28-,29-,30-,31+,32+/m0/s1. The van der Waals surface area contributed by atoms with Gasteiger partial charge in [-0.2, -0.15) is 5.26 Å². The Morgan fingerprint density at radius 1 is 1.03 bits per heavy atom. The second kappa shape index (κ2) is 8.88. The fraction of sp³-hybridized carbons (Fsp3) is 0.750. The topological polar surface area (TPSA) is 113 Å². The molecule has 0 bridgehead atoms. The van der Waals surface area contributed by atoms with Crippen LogP contribution in [0.5, 0.6) is 0 Å². The van der Waals surface area contributed by atoms with Crippen molar-refractivity contribution in [3.8, 4) is 6.07 Å². The number of carbonyl (C=O) groups is 3. The highest BCUT2D eigenvalue weighted by Crippen LogP contribution is 2.70. The van der Waals surface area contributed by atoms with Gasteiger partial charge in [0.25, 0.3) is 0 Å². The molecule has 0 heterocycles. The molecule has 2 saturated carbocycles. The summed E-state index contributed by atoms with van der Waals surface area (Å²) in [6.07, 6.45) is 11.0. The number of hydrogen-bond donors (Lipinski definition) is 2. The van der Waals surface area contributed by atoms with E-state index in [0.29, 0.717) is 0 Å². The third-order valence-corrected chi connectivity index (χ3v) is 12.5. The summed E-state index contributed by atoms with van der Waals surface area (Å²) in [5, 5.41) is 9.84. The molecule has 38 heavy (non-hydrogen) atoms. The third kappa shape index (κ3) is 3.86. The molecule has 1 amide bonds. The van der Waals surface area contributed by atoms with E-state index in [1.807, 2.05) is 32.9 Å². The van der Waals surface area contributed by atoms with Crippen molar-refractivity contribution in [1.29, 1.82) is 5.26 Å². The summed E-state index contributed by atoms with van der Waals surface area (Å²) in [6.45, 7) is 17.2. The molecule has 3 N–H and O–H groups in total. The van der Waals surface area contributed by atoms with Gasteiger partial charge in [-0.05, 0) is 79.6 Å². The third-order valence-electron chi connectivity index (χ3n) is 12.5. The first-order valence-corrected chi connectivity index (χ1v) is 14.4. The van der Waals surface area contributed by atoms with E-state index in [-0.39, 0.29) is 51.1 Å². The van der Waals surface area contributed by atoms with Crippen LogP contribution in [0.25, 0.3) is 0 Å². The van der Waals surface area contributed by atoms with Gasteiger partial charge in [0.2, 0.25) is 5.91 Å². The van der Waals surface area contributed by atoms with E-state index in [0.717, 1.165) is 56.9 Å². The van der Waals surface area contributed by atoms with Crippen molar-refractivity contribution >= 4 is 17.5 Å². The van der Waals surface area contributed by atoms with Gasteiger partial charge in [0.15, 0.2) is 11.6 Å². The summed E-state index contributed by atoms with van der Waals surface area (Å²) >= 11 is 0. The minimum Gasteiger partial charge on any atom is -0.295 e. The number of hydrazine groups is 1. The Bertz CT molecular complexity index is 1160. The molecule has 0 aromatic rings. The first-order valence-electron chi connectivity index (χ1n) is 14.4. The lowest BCUT2D eigenvalue weighted by Gasteiger charge is -2.64. The van der Waals surface area contributed by atoms with E-state index < -0.39 is 16.2 Å². The predicted octanol–water partition coefficient (Wildman–Crippen LogP) is 5.98. The maximum Gasteiger partial charge on any atom is 0.239 e. The SMILES string of the molecule is C[C@H]1C(=O)C=C2[C@@]3(C)C=C(C#N)C(=O)C(C)(C)[C@@H]3CC[C@@]2(C)[C@]1(C)CC[C@]1(C)CC[C@@](C)(C(=O)NN)CC1. The van der Waals surface area contributed by atoms with Gasteiger partial charge in [-0.15, -0.1) is 0 Å². The summed E-state index contributed by atoms with van der Waals surface area (Å²) in [4.78, 5) is 39.2. The Kier molecular flexibility index (Phi) is 6.72. The molecule has 4 aliphatic carbocycles. The maximum absolute atomic E-state index is 13.6. The first kappa shape index (κ1) is 28.7. The Morgan fingerprint density at radius 3 is 2.18 bits per heavy atom. The molecule has 2 fully saturated rings. The molecular weight excluding hydrogens is 474 g/mol. The first-order chi connectivity index (χ1) is 17.4. The van der Waals surface area contributed by atoms with Crippen molar-refractivity contribution in [3.05, 3.63) is 23.3 Å². The molecule has 0 aliphatic heterocycles. The number of amides is 1. The highest BCUT2D eigenvalue weighted by molar-refractivity contribution is 6.04. The number of nitrogens with zero attached hydrogens (tertiary/aromatic N) is 1. The fourth-order valence-electron chi connectivity index (χ4n) is 8.97. The minimum atomic E-state index is -0.655. The second-order valence-electron chi connectivity index (χ2n) is 14.9. The van der Waals surface area contributed by atoms with E-state index in [2.05, 4.69) is 46.1 Å². The average molecular weight is 522 g/mol. The Hall–Kier alpha value is -2.26. The minimum absolute atomic E-state index is 0.0478. The number of nitrogens with one attached hydrogen (secondary N) is 1. The van der Waals surface area contributed by atoms with Crippen LogP contribution in [0.3, 0.4) is 0 Å². The number of nitriles is 1. The highest BCUT2D eigenvalue weighted by atomic mass is 16.2. The highest BCUT2D eigenvalue weighted by Gasteiger charge is 2.64. The van der Waals surface area contributed by atoms with Crippen molar-refractivity contribution in [2.24, 2.45) is 50.2 Å². The lowest BCUT2D eigenvalue weighted by molar-refractivity contribution is -0.138. The van der Waals surface area contributed by atoms with E-state index in [4.69, 9.17) is 5.84 Å². The lowest BCUT2D eigenvalue weighted by Crippen LogP contribution is -2.59. The fourth-order valence-corrected chi connectivity index (χ4v) is 8.97. The monoisotopic (exact) mass is 521 g/mol. The Labute approximate surface area is 228 Å². The van der Waals surface area contributed by atoms with Crippen molar-refractivity contribution in [2.45, 2.75) is 107 Å². The number of nitrogens with two attached hydrogens (primary N) is 1. The average Bonchev–Trinajstić information content (AvgIpc) is 2.87. The second-order valence-corrected chi connectivity index (χ2v) is 14.9. The largest absolute Gasteiger partial charge is 0.295 e. The van der Waals surface area contributed by atoms with Crippen LogP contribution in [0, 0.1) is 55.7 Å². The van der Waals surface area contributed by atoms with Gasteiger partial charge in [-0.1, -0.05) is 67.0 Å². The van der Waals surface area contributed by atoms with Crippen LogP contribution in [0.15, 0.2) is 23.3 Å². The van der Waals surface area contributed by atoms with Crippen LogP contribution in [0.1, 0.15) is 107 Å². The zero-order valence-corrected chi connectivity index (χ0v) is 24.7. The summed E-state index contributed by atoms with van der Waals surface area (Å²) in [5.74, 6) is 5.39. The van der Waals surface area contributed by atoms with Gasteiger partial charge in [-0.25, -0.2) is 5.84 Å². The number of allylic oxidation sites excluding steroid dienone is 4. The molecular formula is C32H47N3O3. The summed E-state index contributed by atoms with van der Waals surface area (Å²) in [6, 6.07) is 2.17. The Morgan fingerprint density at radius 2 is 1.63 bits per heavy atom. The number of rotatable bonds is 4. The maximum atomic E-state index is 13.6. The van der Waals surface area contributed by atoms with Gasteiger partial charge >= 0.3 is 0 Å². The van der Waals surface area contributed by atoms with Gasteiger partial charge in [0.1, 0.15) is 6.07 Å². The quantitative estimate of drug-likeness (QED) is 0.269. The molecule has 6 nitrogen and oxygen atoms in total. The van der Waals surface area contributed by atoms with Crippen LogP contribution in [-0.4, -0.2) is 17.5 Å². The predicted molar refractivity (Wildman–Crippen MR) is 148 cm³/mol. The molecule has 0 unspecified atom stereocenters. The molecule has 0 spiro atoms. The number of fused-ring (bicyclic) bond motifs is 3. The van der Waals surface area contributed by atoms with Crippen LogP contribution in [0.4, 0.5) is 0 Å². The molecule has 4 rings (SSSR count). The van der Waals surface area contributed by atoms with E-state index >= 15 is 0 Å². The summed E-state index contributed by atoms with van der Waals surface area (Å²) < 4.78 is 0. The van der Waals surface area contributed by atoms with E-state index in [9.17, 15) is 19.6 Å². The normalized spacial score (nSPS) is 44.2. The Balaban J connectivity index is 1.68. The van der Waals surface area contributed by atoms with Crippen molar-refractivity contribution < 1.29 is 14.4 Å². The van der Waals surface area contributed by atoms with Crippen molar-refractivity contribution in [1.82, 2.24) is 5.43 Å². The molecule has 0 aromatic heterocycles. The number of hydrogen-bond acceptors (Lipinski definition) is 5. The molecule has 0 aromatic carbocycles. The number of carbonyl (C=O) groups excluding carboxylic acids is 3. The summed E-state index contributed by atoms with van der Waals surface area (Å²) in [5.41, 5.74) is 1.72. The smallest absolute Gasteiger partial charge is 0.239 e. The van der Waals surface area contributed by atoms with E-state index in [1.165, 1.54) is 0 Å². The van der Waals surface area contributed by atoms with E-state index in [1.54, 1.807) is 0 Å². The molecule has 4 aliphatic rings. The number of ketones is 2. The zero-order chi connectivity index (χ0) is 28.5. The van der Waals surface area contributed by atoms with Gasteiger partial charge in [0, 0.05) is 22.2 Å². The molecule has 6 heteroatoms. The van der Waals surface area contributed by atoms with Crippen LogP contribution in [0.2, 0.25) is 0 Å². The molecule has 0 saturated heterocycles. The molecule has 208 valence electrons. The van der Waals surface area contributed by atoms with Crippen LogP contribution < -0.4 is 11.3 Å². The lowest BCUT2D eigenvalue weighted by atomic mass is 9.38.